The lowest BCUT2D eigenvalue weighted by molar-refractivity contribution is -0.274. The lowest BCUT2D eigenvalue weighted by Crippen LogP contribution is -2.42. The highest BCUT2D eigenvalue weighted by Gasteiger charge is 2.37. The number of nitrogens with zero attached hydrogens (tertiary/aromatic N) is 1. The summed E-state index contributed by atoms with van der Waals surface area (Å²) in [5, 5.41) is 10.2. The van der Waals surface area contributed by atoms with Crippen molar-refractivity contribution >= 4 is 24.6 Å². The maximum atomic E-state index is 12.9. The molecule has 0 saturated carbocycles. The van der Waals surface area contributed by atoms with Gasteiger partial charge in [-0.2, -0.15) is 0 Å². The molecule has 1 amide bonds. The summed E-state index contributed by atoms with van der Waals surface area (Å²) < 4.78 is 83.6. The van der Waals surface area contributed by atoms with Crippen molar-refractivity contribution in [3.63, 3.8) is 0 Å². The predicted molar refractivity (Wildman–Crippen MR) is 139 cm³/mol. The minimum absolute atomic E-state index is 0.0137. The van der Waals surface area contributed by atoms with Crippen LogP contribution in [-0.2, 0) is 23.8 Å². The minimum atomic E-state index is -4.81. The summed E-state index contributed by atoms with van der Waals surface area (Å²) in [6.07, 6.45) is -4.70. The maximum Gasteiger partial charge on any atom is 0.573 e. The van der Waals surface area contributed by atoms with Crippen molar-refractivity contribution in [3.8, 4) is 17.2 Å². The first-order valence-corrected chi connectivity index (χ1v) is 16.5. The van der Waals surface area contributed by atoms with Gasteiger partial charge in [-0.25, -0.2) is 13.5 Å². The van der Waals surface area contributed by atoms with Gasteiger partial charge in [0.05, 0.1) is 36.5 Å². The molecule has 0 fully saturated rings. The fourth-order valence-electron chi connectivity index (χ4n) is 2.99. The van der Waals surface area contributed by atoms with E-state index in [9.17, 15) is 31.6 Å². The number of benzene rings is 2. The summed E-state index contributed by atoms with van der Waals surface area (Å²) in [4.78, 5) is 11.0. The maximum absolute atomic E-state index is 12.9. The second-order valence-electron chi connectivity index (χ2n) is 10.2. The summed E-state index contributed by atoms with van der Waals surface area (Å²) >= 11 is 0. The number of hydrogen-bond donors (Lipinski definition) is 1. The molecular weight excluding hydrogens is 559 g/mol. The van der Waals surface area contributed by atoms with Gasteiger partial charge in [0.2, 0.25) is 6.41 Å². The van der Waals surface area contributed by atoms with Gasteiger partial charge in [-0.05, 0) is 66.7 Å². The van der Waals surface area contributed by atoms with Crippen LogP contribution in [0, 0.1) is 0 Å². The molecule has 9 nitrogen and oxygen atoms in total. The van der Waals surface area contributed by atoms with E-state index in [-0.39, 0.29) is 46.1 Å². The number of hydroxylamine groups is 2. The van der Waals surface area contributed by atoms with E-state index in [1.807, 2.05) is 0 Å². The van der Waals surface area contributed by atoms with Gasteiger partial charge in [0.1, 0.15) is 17.2 Å². The molecule has 14 heteroatoms. The van der Waals surface area contributed by atoms with Crippen LogP contribution >= 0.6 is 0 Å². The highest BCUT2D eigenvalue weighted by atomic mass is 32.2. The molecule has 0 aliphatic heterocycles. The van der Waals surface area contributed by atoms with Gasteiger partial charge < -0.3 is 18.6 Å². The Morgan fingerprint density at radius 2 is 1.46 bits per heavy atom. The molecule has 0 aromatic heterocycles. The molecule has 2 rings (SSSR count). The number of carbonyl (C=O) groups is 1. The molecule has 2 aromatic rings. The van der Waals surface area contributed by atoms with E-state index >= 15 is 0 Å². The van der Waals surface area contributed by atoms with E-state index in [1.54, 1.807) is 0 Å². The van der Waals surface area contributed by atoms with Crippen LogP contribution in [0.3, 0.4) is 0 Å². The Morgan fingerprint density at radius 1 is 0.949 bits per heavy atom. The van der Waals surface area contributed by atoms with Gasteiger partial charge in [0, 0.05) is 0 Å². The van der Waals surface area contributed by atoms with E-state index in [0.717, 1.165) is 12.1 Å². The number of alkyl halides is 3. The number of sulfone groups is 1. The van der Waals surface area contributed by atoms with Crippen LogP contribution in [0.15, 0.2) is 53.4 Å². The molecule has 218 valence electrons. The average Bonchev–Trinajstić information content (AvgIpc) is 2.82. The van der Waals surface area contributed by atoms with Gasteiger partial charge >= 0.3 is 6.36 Å². The van der Waals surface area contributed by atoms with Crippen LogP contribution in [0.4, 0.5) is 13.2 Å². The van der Waals surface area contributed by atoms with Gasteiger partial charge in [-0.1, -0.05) is 20.8 Å². The molecule has 39 heavy (non-hydrogen) atoms. The molecule has 0 aliphatic carbocycles. The van der Waals surface area contributed by atoms with E-state index in [1.165, 1.54) is 36.4 Å². The van der Waals surface area contributed by atoms with Crippen molar-refractivity contribution in [3.05, 3.63) is 48.5 Å². The number of ether oxygens (including phenoxy) is 3. The highest BCUT2D eigenvalue weighted by Crippen LogP contribution is 2.36. The topological polar surface area (TPSA) is 112 Å². The number of carbonyl (C=O) groups excluding carboxylic acids is 1. The quantitative estimate of drug-likeness (QED) is 0.102. The number of halogens is 3. The van der Waals surface area contributed by atoms with Gasteiger partial charge in [-0.3, -0.25) is 10.0 Å². The predicted octanol–water partition coefficient (Wildman–Crippen LogP) is 5.41. The molecule has 0 saturated heterocycles. The molecular formula is C25H34F3NO8SSi. The molecule has 1 atom stereocenters. The molecule has 1 unspecified atom stereocenters. The first-order valence-electron chi connectivity index (χ1n) is 11.9. The number of rotatable bonds is 14. The number of amides is 1. The summed E-state index contributed by atoms with van der Waals surface area (Å²) in [7, 11) is -5.94. The summed E-state index contributed by atoms with van der Waals surface area (Å²) in [5.41, 5.74) is 0. The first-order chi connectivity index (χ1) is 17.9. The van der Waals surface area contributed by atoms with Crippen molar-refractivity contribution in [2.24, 2.45) is 0 Å². The number of hydrogen-bond acceptors (Lipinski definition) is 8. The zero-order valence-electron chi connectivity index (χ0n) is 22.4. The lowest BCUT2D eigenvalue weighted by atomic mass is 10.2. The fraction of sp³-hybridized carbons (Fsp3) is 0.480. The second kappa shape index (κ2) is 13.1. The van der Waals surface area contributed by atoms with Gasteiger partial charge in [0.15, 0.2) is 18.2 Å². The van der Waals surface area contributed by atoms with Crippen LogP contribution < -0.4 is 9.47 Å². The van der Waals surface area contributed by atoms with Crippen LogP contribution in [0.5, 0.6) is 17.2 Å². The van der Waals surface area contributed by atoms with Crippen molar-refractivity contribution in [1.29, 1.82) is 0 Å². The third-order valence-corrected chi connectivity index (χ3v) is 12.5. The Kier molecular flexibility index (Phi) is 11.0. The third kappa shape index (κ3) is 10.4. The van der Waals surface area contributed by atoms with Crippen molar-refractivity contribution < 1.29 is 50.2 Å². The monoisotopic (exact) mass is 593 g/mol. The lowest BCUT2D eigenvalue weighted by Gasteiger charge is -2.36. The average molecular weight is 594 g/mol. The van der Waals surface area contributed by atoms with E-state index in [4.69, 9.17) is 13.9 Å². The van der Waals surface area contributed by atoms with Crippen LogP contribution in [0.25, 0.3) is 0 Å². The van der Waals surface area contributed by atoms with Crippen molar-refractivity contribution in [1.82, 2.24) is 5.06 Å². The molecule has 0 spiro atoms. The third-order valence-electron chi connectivity index (χ3n) is 6.18. The Bertz CT molecular complexity index is 1170. The summed E-state index contributed by atoms with van der Waals surface area (Å²) in [6.45, 7) is 10.7. The van der Waals surface area contributed by atoms with Crippen LogP contribution in [-0.4, -0.2) is 71.4 Å². The molecule has 0 radical (unpaired) electrons. The van der Waals surface area contributed by atoms with Crippen molar-refractivity contribution in [2.45, 2.75) is 56.2 Å². The SMILES string of the molecule is CC(C)(C)[Si](C)(C)OCCOCC(CS(=O)(=O)c1ccc(Oc2ccc(OC(F)(F)F)cc2)cc1)N(O)C=O. The standard InChI is InChI=1S/C25H34F3NO8SSi/c1-24(2,3)39(4,5)35-15-14-34-16-19(29(31)18-30)17-38(32,33)23-12-10-21(11-13-23)36-20-6-8-22(9-7-20)37-25(26,27)28/h6-13,18-19,31H,14-17H2,1-5H3. The van der Waals surface area contributed by atoms with E-state index in [0.29, 0.717) is 6.61 Å². The summed E-state index contributed by atoms with van der Waals surface area (Å²) in [6, 6.07) is 8.83. The van der Waals surface area contributed by atoms with E-state index in [2.05, 4.69) is 38.6 Å². The Balaban J connectivity index is 1.97. The molecule has 0 heterocycles. The smallest absolute Gasteiger partial charge is 0.457 e. The second-order valence-corrected chi connectivity index (χ2v) is 17.0. The van der Waals surface area contributed by atoms with Crippen LogP contribution in [0.2, 0.25) is 18.1 Å². The Morgan fingerprint density at radius 3 is 1.95 bits per heavy atom. The van der Waals surface area contributed by atoms with Gasteiger partial charge in [-0.15, -0.1) is 13.2 Å². The normalized spacial score (nSPS) is 13.6. The first kappa shape index (κ1) is 32.6. The Labute approximate surface area is 227 Å². The van der Waals surface area contributed by atoms with Gasteiger partial charge in [0.25, 0.3) is 0 Å². The van der Waals surface area contributed by atoms with Crippen LogP contribution in [0.1, 0.15) is 20.8 Å². The highest BCUT2D eigenvalue weighted by molar-refractivity contribution is 7.91. The van der Waals surface area contributed by atoms with E-state index < -0.39 is 42.1 Å². The molecule has 0 bridgehead atoms. The molecule has 0 aliphatic rings. The Hall–Kier alpha value is -2.65. The summed E-state index contributed by atoms with van der Waals surface area (Å²) in [5.74, 6) is -0.577. The van der Waals surface area contributed by atoms with Crippen molar-refractivity contribution in [2.75, 3.05) is 25.6 Å². The fourth-order valence-corrected chi connectivity index (χ4v) is 5.51. The minimum Gasteiger partial charge on any atom is -0.457 e. The zero-order valence-corrected chi connectivity index (χ0v) is 24.2. The largest absolute Gasteiger partial charge is 0.573 e. The molecule has 1 N–H and O–H groups in total. The zero-order chi connectivity index (χ0) is 29.5. The molecule has 2 aromatic carbocycles.